The number of pyridine rings is 1. The first-order valence-electron chi connectivity index (χ1n) is 5.61. The molecule has 16 heavy (non-hydrogen) atoms. The first kappa shape index (κ1) is 11.1. The summed E-state index contributed by atoms with van der Waals surface area (Å²) in [5.41, 5.74) is 7.57. The molecule has 1 aromatic heterocycles. The van der Waals surface area contributed by atoms with E-state index in [2.05, 4.69) is 11.9 Å². The average molecular weight is 219 g/mol. The zero-order valence-electron chi connectivity index (χ0n) is 9.52. The Balaban J connectivity index is 2.12. The molecule has 0 aromatic carbocycles. The van der Waals surface area contributed by atoms with Crippen LogP contribution in [-0.4, -0.2) is 22.3 Å². The number of nitrogens with two attached hydrogens (primary N) is 1. The molecule has 0 spiro atoms. The van der Waals surface area contributed by atoms with Gasteiger partial charge in [-0.15, -0.1) is 0 Å². The van der Waals surface area contributed by atoms with Crippen molar-refractivity contribution in [1.29, 1.82) is 0 Å². The zero-order valence-corrected chi connectivity index (χ0v) is 9.52. The lowest BCUT2D eigenvalue weighted by atomic mass is 10.1. The molecule has 2 rings (SSSR count). The van der Waals surface area contributed by atoms with Gasteiger partial charge in [0.05, 0.1) is 5.69 Å². The molecule has 0 radical (unpaired) electrons. The van der Waals surface area contributed by atoms with Gasteiger partial charge in [0.25, 0.3) is 0 Å². The highest BCUT2D eigenvalue weighted by Gasteiger charge is 2.26. The third-order valence-corrected chi connectivity index (χ3v) is 2.95. The van der Waals surface area contributed by atoms with Crippen LogP contribution in [-0.2, 0) is 17.9 Å². The second-order valence-corrected chi connectivity index (χ2v) is 4.40. The smallest absolute Gasteiger partial charge is 0.223 e. The molecule has 4 heteroatoms. The molecule has 1 amide bonds. The molecule has 0 aliphatic carbocycles. The summed E-state index contributed by atoms with van der Waals surface area (Å²) >= 11 is 0. The Kier molecular flexibility index (Phi) is 3.19. The van der Waals surface area contributed by atoms with Crippen molar-refractivity contribution in [3.8, 4) is 0 Å². The fraction of sp³-hybridized carbons (Fsp3) is 0.500. The van der Waals surface area contributed by atoms with E-state index < -0.39 is 0 Å². The van der Waals surface area contributed by atoms with Gasteiger partial charge in [0, 0.05) is 32.3 Å². The molecule has 4 nitrogen and oxygen atoms in total. The van der Waals surface area contributed by atoms with Crippen molar-refractivity contribution in [2.75, 3.05) is 6.54 Å². The number of rotatable bonds is 3. The highest BCUT2D eigenvalue weighted by Crippen LogP contribution is 2.20. The predicted octanol–water partition coefficient (Wildman–Crippen LogP) is 0.909. The normalized spacial score (nSPS) is 20.5. The van der Waals surface area contributed by atoms with Crippen molar-refractivity contribution >= 4 is 5.91 Å². The maximum absolute atomic E-state index is 11.7. The second-order valence-electron chi connectivity index (χ2n) is 4.40. The van der Waals surface area contributed by atoms with Crippen molar-refractivity contribution < 1.29 is 4.79 Å². The van der Waals surface area contributed by atoms with Crippen LogP contribution in [0.3, 0.4) is 0 Å². The highest BCUT2D eigenvalue weighted by atomic mass is 16.2. The number of hydrogen-bond acceptors (Lipinski definition) is 3. The molecule has 1 unspecified atom stereocenters. The second kappa shape index (κ2) is 4.61. The van der Waals surface area contributed by atoms with Crippen LogP contribution in [0.15, 0.2) is 18.3 Å². The van der Waals surface area contributed by atoms with Crippen molar-refractivity contribution in [2.24, 2.45) is 11.7 Å². The van der Waals surface area contributed by atoms with Crippen molar-refractivity contribution in [3.63, 3.8) is 0 Å². The lowest BCUT2D eigenvalue weighted by molar-refractivity contribution is -0.128. The minimum absolute atomic E-state index is 0.235. The molecule has 86 valence electrons. The Morgan fingerprint density at radius 1 is 1.62 bits per heavy atom. The topological polar surface area (TPSA) is 59.2 Å². The van der Waals surface area contributed by atoms with E-state index in [0.29, 0.717) is 25.4 Å². The van der Waals surface area contributed by atoms with E-state index in [9.17, 15) is 4.79 Å². The number of carbonyl (C=O) groups is 1. The van der Waals surface area contributed by atoms with Gasteiger partial charge >= 0.3 is 0 Å². The lowest BCUT2D eigenvalue weighted by Gasteiger charge is -2.17. The van der Waals surface area contributed by atoms with Crippen molar-refractivity contribution in [1.82, 2.24) is 9.88 Å². The predicted molar refractivity (Wildman–Crippen MR) is 61.3 cm³/mol. The van der Waals surface area contributed by atoms with Gasteiger partial charge in [-0.1, -0.05) is 13.0 Å². The number of nitrogens with zero attached hydrogens (tertiary/aromatic N) is 2. The van der Waals surface area contributed by atoms with E-state index >= 15 is 0 Å². The zero-order chi connectivity index (χ0) is 11.5. The lowest BCUT2D eigenvalue weighted by Crippen LogP contribution is -2.25. The summed E-state index contributed by atoms with van der Waals surface area (Å²) in [4.78, 5) is 17.8. The first-order chi connectivity index (χ1) is 7.70. The van der Waals surface area contributed by atoms with Crippen LogP contribution in [0.25, 0.3) is 0 Å². The number of likely N-dealkylation sites (tertiary alicyclic amines) is 1. The van der Waals surface area contributed by atoms with E-state index in [1.807, 2.05) is 17.0 Å². The number of amides is 1. The molecule has 2 N–H and O–H groups in total. The van der Waals surface area contributed by atoms with E-state index in [0.717, 1.165) is 17.8 Å². The van der Waals surface area contributed by atoms with Gasteiger partial charge in [0.1, 0.15) is 0 Å². The molecule has 1 aromatic rings. The van der Waals surface area contributed by atoms with Gasteiger partial charge in [-0.05, 0) is 17.5 Å². The Bertz CT molecular complexity index is 392. The fourth-order valence-corrected chi connectivity index (χ4v) is 2.13. The SMILES string of the molecule is CC1CC(=O)N(Cc2cccnc2CN)C1. The maximum Gasteiger partial charge on any atom is 0.223 e. The first-order valence-corrected chi connectivity index (χ1v) is 5.61. The minimum atomic E-state index is 0.235. The van der Waals surface area contributed by atoms with Crippen LogP contribution in [0.5, 0.6) is 0 Å². The average Bonchev–Trinajstić information content (AvgIpc) is 2.58. The Morgan fingerprint density at radius 3 is 3.06 bits per heavy atom. The van der Waals surface area contributed by atoms with Crippen LogP contribution in [0.1, 0.15) is 24.6 Å². The highest BCUT2D eigenvalue weighted by molar-refractivity contribution is 5.78. The quantitative estimate of drug-likeness (QED) is 0.822. The molecule has 1 aliphatic rings. The van der Waals surface area contributed by atoms with Gasteiger partial charge in [-0.3, -0.25) is 9.78 Å². The Hall–Kier alpha value is -1.42. The number of hydrogen-bond donors (Lipinski definition) is 1. The van der Waals surface area contributed by atoms with Crippen molar-refractivity contribution in [3.05, 3.63) is 29.6 Å². The summed E-state index contributed by atoms with van der Waals surface area (Å²) in [6.45, 7) is 4.01. The van der Waals surface area contributed by atoms with E-state index in [1.54, 1.807) is 6.20 Å². The largest absolute Gasteiger partial charge is 0.338 e. The summed E-state index contributed by atoms with van der Waals surface area (Å²) in [6, 6.07) is 3.88. The van der Waals surface area contributed by atoms with E-state index in [-0.39, 0.29) is 5.91 Å². The number of aromatic nitrogens is 1. The van der Waals surface area contributed by atoms with Crippen LogP contribution < -0.4 is 5.73 Å². The van der Waals surface area contributed by atoms with Gasteiger partial charge in [-0.2, -0.15) is 0 Å². The van der Waals surface area contributed by atoms with E-state index in [4.69, 9.17) is 5.73 Å². The summed E-state index contributed by atoms with van der Waals surface area (Å²) in [5.74, 6) is 0.699. The third kappa shape index (κ3) is 2.22. The minimum Gasteiger partial charge on any atom is -0.338 e. The standard InChI is InChI=1S/C12H17N3O/c1-9-5-12(16)15(7-9)8-10-3-2-4-14-11(10)6-13/h2-4,9H,5-8,13H2,1H3. The maximum atomic E-state index is 11.7. The van der Waals surface area contributed by atoms with Gasteiger partial charge in [0.15, 0.2) is 0 Å². The Morgan fingerprint density at radius 2 is 2.44 bits per heavy atom. The summed E-state index contributed by atoms with van der Waals surface area (Å²) in [5, 5.41) is 0. The molecule has 1 aliphatic heterocycles. The molecule has 0 bridgehead atoms. The van der Waals surface area contributed by atoms with E-state index in [1.165, 1.54) is 0 Å². The van der Waals surface area contributed by atoms with Crippen LogP contribution in [0.2, 0.25) is 0 Å². The third-order valence-electron chi connectivity index (χ3n) is 2.95. The molecule has 1 fully saturated rings. The van der Waals surface area contributed by atoms with Gasteiger partial charge in [0.2, 0.25) is 5.91 Å². The molecule has 0 saturated carbocycles. The van der Waals surface area contributed by atoms with Gasteiger partial charge in [-0.25, -0.2) is 0 Å². The van der Waals surface area contributed by atoms with Crippen LogP contribution in [0.4, 0.5) is 0 Å². The number of carbonyl (C=O) groups excluding carboxylic acids is 1. The van der Waals surface area contributed by atoms with Crippen LogP contribution in [0, 0.1) is 5.92 Å². The fourth-order valence-electron chi connectivity index (χ4n) is 2.13. The molecule has 1 atom stereocenters. The van der Waals surface area contributed by atoms with Gasteiger partial charge < -0.3 is 10.6 Å². The molecule has 1 saturated heterocycles. The summed E-state index contributed by atoms with van der Waals surface area (Å²) in [6.07, 6.45) is 2.40. The molecular formula is C12H17N3O. The Labute approximate surface area is 95.5 Å². The summed E-state index contributed by atoms with van der Waals surface area (Å²) in [7, 11) is 0. The molecule has 2 heterocycles. The van der Waals surface area contributed by atoms with Crippen molar-refractivity contribution in [2.45, 2.75) is 26.4 Å². The molecular weight excluding hydrogens is 202 g/mol. The monoisotopic (exact) mass is 219 g/mol. The van der Waals surface area contributed by atoms with Crippen LogP contribution >= 0.6 is 0 Å². The summed E-state index contributed by atoms with van der Waals surface area (Å²) < 4.78 is 0.